The summed E-state index contributed by atoms with van der Waals surface area (Å²) in [6.07, 6.45) is 4.78. The van der Waals surface area contributed by atoms with Crippen LogP contribution in [0.15, 0.2) is 0 Å². The number of aliphatic hydroxyl groups excluding tert-OH is 1. The van der Waals surface area contributed by atoms with Gasteiger partial charge in [-0.15, -0.1) is 0 Å². The molecular formula is C14H29NO. The van der Waals surface area contributed by atoms with Crippen LogP contribution < -0.4 is 0 Å². The molecule has 1 aliphatic rings. The number of hydrogen-bond acceptors (Lipinski definition) is 2. The Kier molecular flexibility index (Phi) is 5.77. The van der Waals surface area contributed by atoms with E-state index in [1.807, 2.05) is 0 Å². The molecular weight excluding hydrogens is 198 g/mol. The zero-order valence-corrected chi connectivity index (χ0v) is 11.4. The van der Waals surface area contributed by atoms with Gasteiger partial charge in [0.1, 0.15) is 0 Å². The van der Waals surface area contributed by atoms with E-state index in [2.05, 4.69) is 32.6 Å². The van der Waals surface area contributed by atoms with Gasteiger partial charge in [0.25, 0.3) is 0 Å². The Morgan fingerprint density at radius 3 is 2.06 bits per heavy atom. The van der Waals surface area contributed by atoms with Crippen LogP contribution in [0.4, 0.5) is 0 Å². The summed E-state index contributed by atoms with van der Waals surface area (Å²) in [6, 6.07) is 0.649. The maximum Gasteiger partial charge on any atom is 0.0695 e. The van der Waals surface area contributed by atoms with Gasteiger partial charge >= 0.3 is 0 Å². The monoisotopic (exact) mass is 227 g/mol. The van der Waals surface area contributed by atoms with Crippen molar-refractivity contribution in [2.75, 3.05) is 13.1 Å². The van der Waals surface area contributed by atoms with Crippen LogP contribution in [0.5, 0.6) is 0 Å². The summed E-state index contributed by atoms with van der Waals surface area (Å²) in [7, 11) is 0. The lowest BCUT2D eigenvalue weighted by molar-refractivity contribution is 0.0628. The molecule has 16 heavy (non-hydrogen) atoms. The Labute approximate surface area is 101 Å². The maximum absolute atomic E-state index is 10.1. The molecule has 0 aromatic carbocycles. The molecule has 0 radical (unpaired) electrons. The molecule has 2 heteroatoms. The predicted octanol–water partition coefficient (Wildman–Crippen LogP) is 2.90. The Morgan fingerprint density at radius 1 is 1.12 bits per heavy atom. The van der Waals surface area contributed by atoms with Crippen LogP contribution in [-0.2, 0) is 0 Å². The third-order valence-corrected chi connectivity index (χ3v) is 3.65. The van der Waals surface area contributed by atoms with Crippen molar-refractivity contribution in [3.05, 3.63) is 0 Å². The van der Waals surface area contributed by atoms with Crippen LogP contribution in [0.25, 0.3) is 0 Å². The van der Waals surface area contributed by atoms with E-state index in [1.54, 1.807) is 0 Å². The van der Waals surface area contributed by atoms with Gasteiger partial charge in [-0.3, -0.25) is 4.90 Å². The summed E-state index contributed by atoms with van der Waals surface area (Å²) in [5.41, 5.74) is 0. The Morgan fingerprint density at radius 2 is 1.69 bits per heavy atom. The topological polar surface area (TPSA) is 23.5 Å². The summed E-state index contributed by atoms with van der Waals surface area (Å²) >= 11 is 0. The Hall–Kier alpha value is -0.0800. The van der Waals surface area contributed by atoms with Crippen molar-refractivity contribution in [3.63, 3.8) is 0 Å². The zero-order chi connectivity index (χ0) is 12.1. The van der Waals surface area contributed by atoms with Crippen LogP contribution in [0.2, 0.25) is 0 Å². The van der Waals surface area contributed by atoms with Crippen LogP contribution >= 0.6 is 0 Å². The predicted molar refractivity (Wildman–Crippen MR) is 69.5 cm³/mol. The molecule has 0 bridgehead atoms. The van der Waals surface area contributed by atoms with Gasteiger partial charge < -0.3 is 5.11 Å². The molecule has 1 N–H and O–H groups in total. The van der Waals surface area contributed by atoms with Crippen molar-refractivity contribution in [3.8, 4) is 0 Å². The van der Waals surface area contributed by atoms with Crippen LogP contribution in [0, 0.1) is 11.8 Å². The summed E-state index contributed by atoms with van der Waals surface area (Å²) in [6.45, 7) is 11.0. The largest absolute Gasteiger partial charge is 0.392 e. The fourth-order valence-electron chi connectivity index (χ4n) is 2.52. The molecule has 1 saturated carbocycles. The normalized spacial score (nSPS) is 18.8. The summed E-state index contributed by atoms with van der Waals surface area (Å²) in [4.78, 5) is 2.51. The highest BCUT2D eigenvalue weighted by atomic mass is 16.3. The minimum absolute atomic E-state index is 0.0839. The summed E-state index contributed by atoms with van der Waals surface area (Å²) < 4.78 is 0. The maximum atomic E-state index is 10.1. The lowest BCUT2D eigenvalue weighted by Gasteiger charge is -2.33. The van der Waals surface area contributed by atoms with Crippen molar-refractivity contribution in [1.82, 2.24) is 4.90 Å². The molecule has 0 spiro atoms. The van der Waals surface area contributed by atoms with E-state index in [4.69, 9.17) is 0 Å². The molecule has 0 aromatic rings. The molecule has 1 rings (SSSR count). The van der Waals surface area contributed by atoms with Gasteiger partial charge in [-0.2, -0.15) is 0 Å². The van der Waals surface area contributed by atoms with Gasteiger partial charge in [-0.05, 0) is 37.5 Å². The third-order valence-electron chi connectivity index (χ3n) is 3.65. The smallest absolute Gasteiger partial charge is 0.0695 e. The fourth-order valence-corrected chi connectivity index (χ4v) is 2.52. The second-order valence-electron chi connectivity index (χ2n) is 5.72. The number of aliphatic hydroxyl groups is 1. The van der Waals surface area contributed by atoms with Gasteiger partial charge in [-0.25, -0.2) is 0 Å². The van der Waals surface area contributed by atoms with E-state index in [1.165, 1.54) is 25.7 Å². The first-order chi connectivity index (χ1) is 7.58. The van der Waals surface area contributed by atoms with Crippen molar-refractivity contribution in [1.29, 1.82) is 0 Å². The quantitative estimate of drug-likeness (QED) is 0.689. The molecule has 1 aliphatic carbocycles. The average Bonchev–Trinajstić information content (AvgIpc) is 3.01. The Bertz CT molecular complexity index is 185. The lowest BCUT2D eigenvalue weighted by Crippen LogP contribution is -2.42. The molecule has 0 amide bonds. The molecule has 0 aliphatic heterocycles. The van der Waals surface area contributed by atoms with E-state index >= 15 is 0 Å². The third kappa shape index (κ3) is 4.42. The molecule has 0 aromatic heterocycles. The van der Waals surface area contributed by atoms with Crippen LogP contribution in [0.3, 0.4) is 0 Å². The van der Waals surface area contributed by atoms with Crippen molar-refractivity contribution in [2.45, 2.75) is 65.5 Å². The highest BCUT2D eigenvalue weighted by molar-refractivity contribution is 4.84. The number of nitrogens with zero attached hydrogens (tertiary/aromatic N) is 1. The second kappa shape index (κ2) is 6.61. The van der Waals surface area contributed by atoms with E-state index < -0.39 is 0 Å². The number of rotatable bonds is 8. The van der Waals surface area contributed by atoms with E-state index in [-0.39, 0.29) is 6.10 Å². The van der Waals surface area contributed by atoms with Crippen molar-refractivity contribution < 1.29 is 5.11 Å². The fraction of sp³-hybridized carbons (Fsp3) is 1.00. The minimum Gasteiger partial charge on any atom is -0.392 e. The SMILES string of the molecule is CCC(CC)N(CC(C)C)CC(O)C1CC1. The van der Waals surface area contributed by atoms with Crippen molar-refractivity contribution in [2.24, 2.45) is 11.8 Å². The van der Waals surface area contributed by atoms with Gasteiger partial charge in [-0.1, -0.05) is 27.7 Å². The molecule has 96 valence electrons. The van der Waals surface area contributed by atoms with Gasteiger partial charge in [0, 0.05) is 19.1 Å². The first-order valence-corrected chi connectivity index (χ1v) is 7.00. The van der Waals surface area contributed by atoms with E-state index in [0.29, 0.717) is 17.9 Å². The summed E-state index contributed by atoms with van der Waals surface area (Å²) in [5, 5.41) is 10.1. The molecule has 0 saturated heterocycles. The highest BCUT2D eigenvalue weighted by Crippen LogP contribution is 2.33. The van der Waals surface area contributed by atoms with E-state index in [0.717, 1.165) is 13.1 Å². The summed E-state index contributed by atoms with van der Waals surface area (Å²) in [5.74, 6) is 1.29. The van der Waals surface area contributed by atoms with Crippen LogP contribution in [0.1, 0.15) is 53.4 Å². The Balaban J connectivity index is 2.47. The molecule has 2 nitrogen and oxygen atoms in total. The van der Waals surface area contributed by atoms with Crippen molar-refractivity contribution >= 4 is 0 Å². The van der Waals surface area contributed by atoms with Crippen LogP contribution in [-0.4, -0.2) is 35.2 Å². The van der Waals surface area contributed by atoms with Gasteiger partial charge in [0.15, 0.2) is 0 Å². The highest BCUT2D eigenvalue weighted by Gasteiger charge is 2.32. The number of hydrogen-bond donors (Lipinski definition) is 1. The van der Waals surface area contributed by atoms with Gasteiger partial charge in [0.05, 0.1) is 6.10 Å². The first-order valence-electron chi connectivity index (χ1n) is 7.00. The molecule has 1 atom stereocenters. The zero-order valence-electron chi connectivity index (χ0n) is 11.4. The molecule has 1 unspecified atom stereocenters. The lowest BCUT2D eigenvalue weighted by atomic mass is 10.1. The first kappa shape index (κ1) is 14.0. The second-order valence-corrected chi connectivity index (χ2v) is 5.72. The minimum atomic E-state index is -0.0839. The molecule has 1 fully saturated rings. The standard InChI is InChI=1S/C14H29NO/c1-5-13(6-2)15(9-11(3)4)10-14(16)12-7-8-12/h11-14,16H,5-10H2,1-4H3. The van der Waals surface area contributed by atoms with Gasteiger partial charge in [0.2, 0.25) is 0 Å². The molecule has 0 heterocycles. The van der Waals surface area contributed by atoms with E-state index in [9.17, 15) is 5.11 Å². The average molecular weight is 227 g/mol.